The highest BCUT2D eigenvalue weighted by Gasteiger charge is 2.13. The lowest BCUT2D eigenvalue weighted by atomic mass is 10.0. The summed E-state index contributed by atoms with van der Waals surface area (Å²) >= 11 is 0. The molecule has 0 radical (unpaired) electrons. The van der Waals surface area contributed by atoms with E-state index in [1.54, 1.807) is 0 Å². The SMILES string of the molecule is CNC(C)c1ccc2ccccc2c1OCCCF. The summed E-state index contributed by atoms with van der Waals surface area (Å²) in [4.78, 5) is 0. The van der Waals surface area contributed by atoms with Gasteiger partial charge in [-0.1, -0.05) is 36.4 Å². The van der Waals surface area contributed by atoms with Gasteiger partial charge in [-0.2, -0.15) is 0 Å². The van der Waals surface area contributed by atoms with Gasteiger partial charge in [0.1, 0.15) is 5.75 Å². The van der Waals surface area contributed by atoms with Gasteiger partial charge in [-0.05, 0) is 19.4 Å². The highest BCUT2D eigenvalue weighted by Crippen LogP contribution is 2.33. The molecule has 2 nitrogen and oxygen atoms in total. The van der Waals surface area contributed by atoms with Crippen LogP contribution in [0.15, 0.2) is 36.4 Å². The number of hydrogen-bond acceptors (Lipinski definition) is 2. The minimum Gasteiger partial charge on any atom is -0.492 e. The van der Waals surface area contributed by atoms with Gasteiger partial charge < -0.3 is 10.1 Å². The fourth-order valence-electron chi connectivity index (χ4n) is 2.15. The second-order valence-corrected chi connectivity index (χ2v) is 4.61. The van der Waals surface area contributed by atoms with E-state index in [1.807, 2.05) is 25.2 Å². The number of nitrogens with one attached hydrogen (secondary N) is 1. The van der Waals surface area contributed by atoms with E-state index in [4.69, 9.17) is 4.74 Å². The first-order valence-corrected chi connectivity index (χ1v) is 6.65. The molecule has 1 unspecified atom stereocenters. The minimum atomic E-state index is -0.346. The molecular formula is C16H20FNO. The molecule has 0 fully saturated rings. The van der Waals surface area contributed by atoms with Crippen molar-refractivity contribution < 1.29 is 9.13 Å². The van der Waals surface area contributed by atoms with Crippen LogP contribution in [0.3, 0.4) is 0 Å². The van der Waals surface area contributed by atoms with E-state index < -0.39 is 0 Å². The summed E-state index contributed by atoms with van der Waals surface area (Å²) in [6.45, 7) is 2.15. The average Bonchev–Trinajstić information content (AvgIpc) is 2.46. The Labute approximate surface area is 113 Å². The van der Waals surface area contributed by atoms with Gasteiger partial charge in [0.15, 0.2) is 0 Å². The Balaban J connectivity index is 2.45. The van der Waals surface area contributed by atoms with Crippen LogP contribution in [0.25, 0.3) is 10.8 Å². The first kappa shape index (κ1) is 13.8. The molecule has 1 atom stereocenters. The Bertz CT molecular complexity index is 541. The van der Waals surface area contributed by atoms with Crippen molar-refractivity contribution in [2.24, 2.45) is 0 Å². The summed E-state index contributed by atoms with van der Waals surface area (Å²) in [5.74, 6) is 0.869. The molecule has 102 valence electrons. The zero-order valence-electron chi connectivity index (χ0n) is 11.4. The largest absolute Gasteiger partial charge is 0.492 e. The fourth-order valence-corrected chi connectivity index (χ4v) is 2.15. The summed E-state index contributed by atoms with van der Waals surface area (Å²) in [6.07, 6.45) is 0.427. The number of ether oxygens (including phenoxy) is 1. The Morgan fingerprint density at radius 1 is 1.21 bits per heavy atom. The van der Waals surface area contributed by atoms with Crippen molar-refractivity contribution in [2.45, 2.75) is 19.4 Å². The van der Waals surface area contributed by atoms with Gasteiger partial charge >= 0.3 is 0 Å². The zero-order chi connectivity index (χ0) is 13.7. The van der Waals surface area contributed by atoms with E-state index in [-0.39, 0.29) is 12.7 Å². The van der Waals surface area contributed by atoms with Crippen LogP contribution in [-0.4, -0.2) is 20.3 Å². The Morgan fingerprint density at radius 2 is 2.00 bits per heavy atom. The second kappa shape index (κ2) is 6.53. The Kier molecular flexibility index (Phi) is 4.74. The average molecular weight is 261 g/mol. The molecular weight excluding hydrogens is 241 g/mol. The van der Waals surface area contributed by atoms with Crippen molar-refractivity contribution in [1.82, 2.24) is 5.32 Å². The molecule has 1 N–H and O–H groups in total. The van der Waals surface area contributed by atoms with Crippen molar-refractivity contribution in [3.63, 3.8) is 0 Å². The molecule has 0 heterocycles. The fraction of sp³-hybridized carbons (Fsp3) is 0.375. The summed E-state index contributed by atoms with van der Waals surface area (Å²) < 4.78 is 18.1. The van der Waals surface area contributed by atoms with Crippen LogP contribution >= 0.6 is 0 Å². The monoisotopic (exact) mass is 261 g/mol. The van der Waals surface area contributed by atoms with Crippen LogP contribution in [-0.2, 0) is 0 Å². The van der Waals surface area contributed by atoms with Gasteiger partial charge in [0, 0.05) is 23.4 Å². The molecule has 0 aliphatic rings. The molecule has 0 aromatic heterocycles. The lowest BCUT2D eigenvalue weighted by Gasteiger charge is -2.18. The first-order valence-electron chi connectivity index (χ1n) is 6.65. The highest BCUT2D eigenvalue weighted by molar-refractivity contribution is 5.89. The number of rotatable bonds is 6. The van der Waals surface area contributed by atoms with Crippen LogP contribution in [0.5, 0.6) is 5.75 Å². The third kappa shape index (κ3) is 3.04. The highest BCUT2D eigenvalue weighted by atomic mass is 19.1. The maximum atomic E-state index is 12.2. The molecule has 0 amide bonds. The van der Waals surface area contributed by atoms with Crippen molar-refractivity contribution in [3.05, 3.63) is 42.0 Å². The maximum absolute atomic E-state index is 12.2. The van der Waals surface area contributed by atoms with E-state index in [2.05, 4.69) is 30.4 Å². The van der Waals surface area contributed by atoms with Crippen molar-refractivity contribution in [3.8, 4) is 5.75 Å². The summed E-state index contributed by atoms with van der Waals surface area (Å²) in [6, 6.07) is 12.5. The van der Waals surface area contributed by atoms with Crippen molar-refractivity contribution >= 4 is 10.8 Å². The lowest BCUT2D eigenvalue weighted by molar-refractivity contribution is 0.288. The van der Waals surface area contributed by atoms with Crippen LogP contribution in [0.4, 0.5) is 4.39 Å². The number of fused-ring (bicyclic) bond motifs is 1. The van der Waals surface area contributed by atoms with E-state index in [9.17, 15) is 4.39 Å². The van der Waals surface area contributed by atoms with E-state index >= 15 is 0 Å². The van der Waals surface area contributed by atoms with E-state index in [1.165, 1.54) is 0 Å². The van der Waals surface area contributed by atoms with Gasteiger partial charge in [-0.25, -0.2) is 0 Å². The summed E-state index contributed by atoms with van der Waals surface area (Å²) in [5.41, 5.74) is 1.11. The number of alkyl halides is 1. The molecule has 2 aromatic carbocycles. The van der Waals surface area contributed by atoms with Gasteiger partial charge in [0.05, 0.1) is 13.3 Å². The van der Waals surface area contributed by atoms with Crippen LogP contribution in [0.1, 0.15) is 24.9 Å². The number of benzene rings is 2. The maximum Gasteiger partial charge on any atom is 0.131 e. The number of hydrogen-bond donors (Lipinski definition) is 1. The summed E-state index contributed by atoms with van der Waals surface area (Å²) in [5, 5.41) is 5.45. The topological polar surface area (TPSA) is 21.3 Å². The molecule has 0 bridgehead atoms. The standard InChI is InChI=1S/C16H20FNO/c1-12(18-2)14-9-8-13-6-3-4-7-15(13)16(14)19-11-5-10-17/h3-4,6-9,12,18H,5,10-11H2,1-2H3. The lowest BCUT2D eigenvalue weighted by Crippen LogP contribution is -2.14. The summed E-state index contributed by atoms with van der Waals surface area (Å²) in [7, 11) is 1.92. The van der Waals surface area contributed by atoms with E-state index in [0.29, 0.717) is 13.0 Å². The van der Waals surface area contributed by atoms with Crippen LogP contribution in [0, 0.1) is 0 Å². The van der Waals surface area contributed by atoms with Gasteiger partial charge in [0.25, 0.3) is 0 Å². The van der Waals surface area contributed by atoms with Crippen molar-refractivity contribution in [1.29, 1.82) is 0 Å². The minimum absolute atomic E-state index is 0.199. The first-order chi connectivity index (χ1) is 9.27. The smallest absolute Gasteiger partial charge is 0.131 e. The Morgan fingerprint density at radius 3 is 2.74 bits per heavy atom. The molecule has 2 rings (SSSR count). The van der Waals surface area contributed by atoms with Crippen LogP contribution in [0.2, 0.25) is 0 Å². The number of halogens is 1. The van der Waals surface area contributed by atoms with Crippen LogP contribution < -0.4 is 10.1 Å². The third-order valence-electron chi connectivity index (χ3n) is 3.33. The quantitative estimate of drug-likeness (QED) is 0.797. The van der Waals surface area contributed by atoms with Gasteiger partial charge in [0.2, 0.25) is 0 Å². The molecule has 2 aromatic rings. The molecule has 0 aliphatic carbocycles. The molecule has 3 heteroatoms. The van der Waals surface area contributed by atoms with Gasteiger partial charge in [-0.3, -0.25) is 4.39 Å². The predicted octanol–water partition coefficient (Wildman–Crippen LogP) is 3.86. The van der Waals surface area contributed by atoms with Crippen molar-refractivity contribution in [2.75, 3.05) is 20.3 Å². The normalized spacial score (nSPS) is 12.6. The molecule has 0 aliphatic heterocycles. The third-order valence-corrected chi connectivity index (χ3v) is 3.33. The second-order valence-electron chi connectivity index (χ2n) is 4.61. The Hall–Kier alpha value is -1.61. The molecule has 0 spiro atoms. The van der Waals surface area contributed by atoms with Gasteiger partial charge in [-0.15, -0.1) is 0 Å². The molecule has 19 heavy (non-hydrogen) atoms. The zero-order valence-corrected chi connectivity index (χ0v) is 11.4. The molecule has 0 saturated carbocycles. The molecule has 0 saturated heterocycles. The predicted molar refractivity (Wildman–Crippen MR) is 77.5 cm³/mol. The van der Waals surface area contributed by atoms with E-state index in [0.717, 1.165) is 22.1 Å².